The van der Waals surface area contributed by atoms with Crippen molar-refractivity contribution in [1.82, 2.24) is 4.90 Å². The molecule has 0 aliphatic carbocycles. The minimum atomic E-state index is -4.09. The van der Waals surface area contributed by atoms with E-state index in [-0.39, 0.29) is 4.90 Å². The Bertz CT molecular complexity index is 535. The maximum atomic E-state index is 12.0. The number of nitrogens with zero attached hydrogens (tertiary/aromatic N) is 2. The number of carbonyl (C=O) groups is 1. The zero-order valence-corrected chi connectivity index (χ0v) is 10.2. The molecular weight excluding hydrogens is 244 g/mol. The molecule has 0 fully saturated rings. The van der Waals surface area contributed by atoms with E-state index in [1.54, 1.807) is 6.07 Å². The summed E-state index contributed by atoms with van der Waals surface area (Å²) < 4.78 is 23.9. The lowest BCUT2D eigenvalue weighted by atomic mass is 10.4. The number of amides is 1. The van der Waals surface area contributed by atoms with Crippen molar-refractivity contribution in [3.05, 3.63) is 30.3 Å². The van der Waals surface area contributed by atoms with E-state index in [1.807, 2.05) is 0 Å². The lowest BCUT2D eigenvalue weighted by Crippen LogP contribution is -2.35. The van der Waals surface area contributed by atoms with Crippen LogP contribution in [0.15, 0.2) is 40.4 Å². The minimum Gasteiger partial charge on any atom is -0.410 e. The van der Waals surface area contributed by atoms with Gasteiger partial charge in [0.2, 0.25) is 9.84 Å². The van der Waals surface area contributed by atoms with Gasteiger partial charge in [-0.15, -0.1) is 0 Å². The van der Waals surface area contributed by atoms with Gasteiger partial charge in [-0.25, -0.2) is 8.42 Å². The molecule has 6 nitrogen and oxygen atoms in total. The molecule has 0 heterocycles. The van der Waals surface area contributed by atoms with Crippen molar-refractivity contribution in [2.24, 2.45) is 5.16 Å². The van der Waals surface area contributed by atoms with Gasteiger partial charge in [-0.1, -0.05) is 23.4 Å². The van der Waals surface area contributed by atoms with Crippen molar-refractivity contribution in [1.29, 1.82) is 0 Å². The summed E-state index contributed by atoms with van der Waals surface area (Å²) in [5.74, 6) is -0.878. The van der Waals surface area contributed by atoms with Crippen LogP contribution < -0.4 is 0 Å². The van der Waals surface area contributed by atoms with E-state index in [9.17, 15) is 13.2 Å². The van der Waals surface area contributed by atoms with Crippen LogP contribution in [0.4, 0.5) is 0 Å². The molecule has 0 aromatic heterocycles. The smallest absolute Gasteiger partial charge is 0.287 e. The van der Waals surface area contributed by atoms with E-state index in [1.165, 1.54) is 38.4 Å². The van der Waals surface area contributed by atoms with Gasteiger partial charge in [0, 0.05) is 14.1 Å². The van der Waals surface area contributed by atoms with E-state index < -0.39 is 20.8 Å². The largest absolute Gasteiger partial charge is 0.410 e. The molecule has 0 aliphatic rings. The van der Waals surface area contributed by atoms with E-state index in [0.717, 1.165) is 4.90 Å². The highest BCUT2D eigenvalue weighted by Gasteiger charge is 2.30. The van der Waals surface area contributed by atoms with E-state index in [4.69, 9.17) is 5.21 Å². The molecule has 1 aromatic rings. The Labute approximate surface area is 99.1 Å². The predicted molar refractivity (Wildman–Crippen MR) is 61.5 cm³/mol. The molecule has 0 unspecified atom stereocenters. The first-order chi connectivity index (χ1) is 7.91. The van der Waals surface area contributed by atoms with Crippen molar-refractivity contribution in [2.45, 2.75) is 4.90 Å². The Morgan fingerprint density at radius 3 is 2.18 bits per heavy atom. The Balaban J connectivity index is 3.28. The van der Waals surface area contributed by atoms with Gasteiger partial charge >= 0.3 is 0 Å². The van der Waals surface area contributed by atoms with Gasteiger partial charge in [0.15, 0.2) is 0 Å². The topological polar surface area (TPSA) is 87.0 Å². The van der Waals surface area contributed by atoms with Crippen LogP contribution in [0.1, 0.15) is 0 Å². The Morgan fingerprint density at radius 2 is 1.76 bits per heavy atom. The number of hydrogen-bond acceptors (Lipinski definition) is 5. The van der Waals surface area contributed by atoms with Crippen molar-refractivity contribution < 1.29 is 18.4 Å². The molecule has 92 valence electrons. The summed E-state index contributed by atoms with van der Waals surface area (Å²) in [7, 11) is -1.35. The molecule has 0 bridgehead atoms. The van der Waals surface area contributed by atoms with Crippen molar-refractivity contribution in [2.75, 3.05) is 14.1 Å². The van der Waals surface area contributed by atoms with Crippen LogP contribution in [0.25, 0.3) is 0 Å². The van der Waals surface area contributed by atoms with Gasteiger partial charge in [-0.2, -0.15) is 0 Å². The van der Waals surface area contributed by atoms with Gasteiger partial charge in [-0.3, -0.25) is 4.79 Å². The first-order valence-corrected chi connectivity index (χ1v) is 6.13. The van der Waals surface area contributed by atoms with E-state index in [0.29, 0.717) is 0 Å². The van der Waals surface area contributed by atoms with Crippen LogP contribution in [-0.4, -0.2) is 43.6 Å². The summed E-state index contributed by atoms with van der Waals surface area (Å²) in [6.45, 7) is 0. The Morgan fingerprint density at radius 1 is 1.24 bits per heavy atom. The zero-order valence-electron chi connectivity index (χ0n) is 9.36. The van der Waals surface area contributed by atoms with E-state index >= 15 is 0 Å². The summed E-state index contributed by atoms with van der Waals surface area (Å²) in [6.07, 6.45) is 0. The molecule has 0 atom stereocenters. The molecule has 0 spiro atoms. The fourth-order valence-electron chi connectivity index (χ4n) is 1.11. The molecule has 0 saturated carbocycles. The second-order valence-corrected chi connectivity index (χ2v) is 5.29. The molecule has 1 rings (SSSR count). The van der Waals surface area contributed by atoms with Crippen LogP contribution in [0, 0.1) is 0 Å². The highest BCUT2D eigenvalue weighted by Crippen LogP contribution is 2.12. The predicted octanol–water partition coefficient (Wildman–Crippen LogP) is 0.336. The number of hydrogen-bond donors (Lipinski definition) is 1. The third-order valence-electron chi connectivity index (χ3n) is 1.99. The molecule has 0 radical (unpaired) electrons. The van der Waals surface area contributed by atoms with Crippen LogP contribution in [0.2, 0.25) is 0 Å². The number of carbonyl (C=O) groups excluding carboxylic acids is 1. The monoisotopic (exact) mass is 256 g/mol. The van der Waals surface area contributed by atoms with Gasteiger partial charge in [0.25, 0.3) is 11.0 Å². The van der Waals surface area contributed by atoms with Gasteiger partial charge in [-0.05, 0) is 12.1 Å². The van der Waals surface area contributed by atoms with Gasteiger partial charge in [0.05, 0.1) is 4.90 Å². The highest BCUT2D eigenvalue weighted by atomic mass is 32.2. The molecule has 1 N–H and O–H groups in total. The van der Waals surface area contributed by atoms with Crippen LogP contribution in [-0.2, 0) is 14.6 Å². The van der Waals surface area contributed by atoms with Crippen molar-refractivity contribution in [3.63, 3.8) is 0 Å². The fourth-order valence-corrected chi connectivity index (χ4v) is 2.37. The quantitative estimate of drug-likeness (QED) is 0.339. The summed E-state index contributed by atoms with van der Waals surface area (Å²) in [5, 5.41) is 10.4. The third kappa shape index (κ3) is 2.62. The normalized spacial score (nSPS) is 12.2. The Kier molecular flexibility index (Phi) is 3.84. The molecule has 1 amide bonds. The summed E-state index contributed by atoms with van der Waals surface area (Å²) in [6, 6.07) is 7.32. The van der Waals surface area contributed by atoms with Crippen molar-refractivity contribution in [3.8, 4) is 0 Å². The number of rotatable bonds is 1. The molecular formula is C10H12N2O4S. The second-order valence-electron chi connectivity index (χ2n) is 3.42. The summed E-state index contributed by atoms with van der Waals surface area (Å²) >= 11 is 0. The average molecular weight is 256 g/mol. The zero-order chi connectivity index (χ0) is 13.1. The summed E-state index contributed by atoms with van der Waals surface area (Å²) in [5.41, 5.74) is 0. The average Bonchev–Trinajstić information content (AvgIpc) is 2.30. The lowest BCUT2D eigenvalue weighted by Gasteiger charge is -2.11. The lowest BCUT2D eigenvalue weighted by molar-refractivity contribution is -0.121. The number of benzene rings is 1. The maximum absolute atomic E-state index is 12.0. The first kappa shape index (κ1) is 13.2. The standard InChI is InChI=1S/C10H12N2O4S/c1-12(2)10(13)9(11-14)17(15,16)8-6-4-3-5-7-8/h3-7,14H,1-2H3. The minimum absolute atomic E-state index is 0.0944. The second kappa shape index (κ2) is 4.96. The van der Waals surface area contributed by atoms with Gasteiger partial charge < -0.3 is 10.1 Å². The summed E-state index contributed by atoms with van der Waals surface area (Å²) in [4.78, 5) is 12.5. The van der Waals surface area contributed by atoms with E-state index in [2.05, 4.69) is 5.16 Å². The van der Waals surface area contributed by atoms with Crippen LogP contribution in [0.5, 0.6) is 0 Å². The first-order valence-electron chi connectivity index (χ1n) is 4.65. The third-order valence-corrected chi connectivity index (χ3v) is 3.65. The molecule has 0 aliphatic heterocycles. The van der Waals surface area contributed by atoms with Crippen LogP contribution in [0.3, 0.4) is 0 Å². The Hall–Kier alpha value is -1.89. The molecule has 17 heavy (non-hydrogen) atoms. The molecule has 7 heteroatoms. The number of sulfone groups is 1. The highest BCUT2D eigenvalue weighted by molar-refractivity contribution is 8.08. The van der Waals surface area contributed by atoms with Crippen LogP contribution >= 0.6 is 0 Å². The van der Waals surface area contributed by atoms with Gasteiger partial charge in [0.1, 0.15) is 0 Å². The number of oxime groups is 1. The SMILES string of the molecule is CN(C)C(=O)C(=NO)S(=O)(=O)c1ccccc1. The molecule has 1 aromatic carbocycles. The maximum Gasteiger partial charge on any atom is 0.287 e. The molecule has 0 saturated heterocycles. The van der Waals surface area contributed by atoms with Crippen molar-refractivity contribution >= 4 is 20.8 Å². The fraction of sp³-hybridized carbons (Fsp3) is 0.200.